The molecule has 2 rings (SSSR count). The van der Waals surface area contributed by atoms with Crippen molar-refractivity contribution in [3.05, 3.63) is 35.9 Å². The van der Waals surface area contributed by atoms with Crippen LogP contribution in [0.2, 0.25) is 0 Å². The lowest BCUT2D eigenvalue weighted by atomic mass is 10.1. The minimum absolute atomic E-state index is 0.0348. The van der Waals surface area contributed by atoms with E-state index in [0.717, 1.165) is 17.7 Å². The molecule has 1 aliphatic heterocycles. The van der Waals surface area contributed by atoms with Crippen LogP contribution < -0.4 is 0 Å². The Balaban J connectivity index is 1.88. The number of nitrogens with zero attached hydrogens (tertiary/aromatic N) is 4. The van der Waals surface area contributed by atoms with Gasteiger partial charge in [-0.2, -0.15) is 10.4 Å². The molecule has 2 amide bonds. The summed E-state index contributed by atoms with van der Waals surface area (Å²) in [5.74, 6) is -0.369. The van der Waals surface area contributed by atoms with Gasteiger partial charge in [0.05, 0.1) is 18.3 Å². The number of benzene rings is 1. The summed E-state index contributed by atoms with van der Waals surface area (Å²) >= 11 is 0. The number of nitriles is 1. The summed E-state index contributed by atoms with van der Waals surface area (Å²) in [6.07, 6.45) is 0.932. The van der Waals surface area contributed by atoms with E-state index < -0.39 is 0 Å². The molecular weight excluding hydrogens is 280 g/mol. The van der Waals surface area contributed by atoms with Crippen molar-refractivity contribution in [1.82, 2.24) is 9.91 Å². The standard InChI is InChI=1S/C16H18N4O2/c1-19(12-10-17)15(21)7-8-16(22)20-11-9-14(18-20)13-5-3-2-4-6-13/h2-6H,7-9,11-12H2,1H3. The third-order valence-electron chi connectivity index (χ3n) is 3.48. The molecule has 0 unspecified atom stereocenters. The normalized spacial score (nSPS) is 13.5. The molecule has 6 nitrogen and oxygen atoms in total. The summed E-state index contributed by atoms with van der Waals surface area (Å²) in [5.41, 5.74) is 1.91. The SMILES string of the molecule is CN(CC#N)C(=O)CCC(=O)N1CCC(c2ccccc2)=N1. The summed E-state index contributed by atoms with van der Waals surface area (Å²) in [6.45, 7) is 0.582. The molecule has 0 saturated carbocycles. The molecule has 114 valence electrons. The van der Waals surface area contributed by atoms with E-state index in [4.69, 9.17) is 5.26 Å². The van der Waals surface area contributed by atoms with E-state index in [1.165, 1.54) is 9.91 Å². The van der Waals surface area contributed by atoms with Gasteiger partial charge in [0.15, 0.2) is 0 Å². The predicted octanol–water partition coefficient (Wildman–Crippen LogP) is 1.39. The molecule has 0 fully saturated rings. The average molecular weight is 298 g/mol. The number of hydrazone groups is 1. The summed E-state index contributed by atoms with van der Waals surface area (Å²) in [6, 6.07) is 11.6. The van der Waals surface area contributed by atoms with Crippen molar-refractivity contribution in [2.24, 2.45) is 5.10 Å². The fourth-order valence-corrected chi connectivity index (χ4v) is 2.20. The van der Waals surface area contributed by atoms with E-state index in [9.17, 15) is 9.59 Å². The number of carbonyl (C=O) groups excluding carboxylic acids is 2. The van der Waals surface area contributed by atoms with Gasteiger partial charge in [0.1, 0.15) is 6.54 Å². The first-order valence-electron chi connectivity index (χ1n) is 7.16. The third kappa shape index (κ3) is 3.92. The van der Waals surface area contributed by atoms with Crippen LogP contribution >= 0.6 is 0 Å². The van der Waals surface area contributed by atoms with E-state index in [0.29, 0.717) is 6.54 Å². The number of carbonyl (C=O) groups is 2. The summed E-state index contributed by atoms with van der Waals surface area (Å²) in [7, 11) is 1.55. The molecule has 0 aromatic heterocycles. The van der Waals surface area contributed by atoms with Gasteiger partial charge in [-0.05, 0) is 5.56 Å². The highest BCUT2D eigenvalue weighted by Crippen LogP contribution is 2.15. The zero-order valence-corrected chi connectivity index (χ0v) is 12.5. The highest BCUT2D eigenvalue weighted by atomic mass is 16.2. The van der Waals surface area contributed by atoms with E-state index in [1.807, 2.05) is 36.4 Å². The molecule has 0 atom stereocenters. The number of hydrogen-bond acceptors (Lipinski definition) is 4. The highest BCUT2D eigenvalue weighted by Gasteiger charge is 2.22. The molecule has 1 heterocycles. The van der Waals surface area contributed by atoms with Crippen molar-refractivity contribution in [3.8, 4) is 6.07 Å². The van der Waals surface area contributed by atoms with E-state index in [2.05, 4.69) is 5.10 Å². The lowest BCUT2D eigenvalue weighted by molar-refractivity contribution is -0.135. The molecule has 0 aliphatic carbocycles. The van der Waals surface area contributed by atoms with Crippen LogP contribution in [0.1, 0.15) is 24.8 Å². The van der Waals surface area contributed by atoms with Crippen LogP contribution in [0, 0.1) is 11.3 Å². The summed E-state index contributed by atoms with van der Waals surface area (Å²) in [5, 5.41) is 14.3. The van der Waals surface area contributed by atoms with Gasteiger partial charge in [-0.3, -0.25) is 9.59 Å². The zero-order chi connectivity index (χ0) is 15.9. The molecule has 0 radical (unpaired) electrons. The molecule has 0 N–H and O–H groups in total. The van der Waals surface area contributed by atoms with E-state index in [1.54, 1.807) is 7.05 Å². The van der Waals surface area contributed by atoms with Gasteiger partial charge in [0.25, 0.3) is 0 Å². The molecule has 1 aliphatic rings. The Kier molecular flexibility index (Phi) is 5.26. The van der Waals surface area contributed by atoms with Crippen LogP contribution in [-0.2, 0) is 9.59 Å². The molecule has 22 heavy (non-hydrogen) atoms. The fraction of sp³-hybridized carbons (Fsp3) is 0.375. The average Bonchev–Trinajstić information content (AvgIpc) is 3.03. The minimum Gasteiger partial charge on any atom is -0.332 e. The van der Waals surface area contributed by atoms with Gasteiger partial charge in [0.2, 0.25) is 11.8 Å². The molecule has 0 bridgehead atoms. The Morgan fingerprint density at radius 3 is 2.73 bits per heavy atom. The predicted molar refractivity (Wildman–Crippen MR) is 81.8 cm³/mol. The molecular formula is C16H18N4O2. The Hall–Kier alpha value is -2.68. The largest absolute Gasteiger partial charge is 0.332 e. The molecule has 1 aromatic carbocycles. The first-order chi connectivity index (χ1) is 10.6. The van der Waals surface area contributed by atoms with Crippen LogP contribution in [0.25, 0.3) is 0 Å². The second-order valence-electron chi connectivity index (χ2n) is 5.09. The van der Waals surface area contributed by atoms with Gasteiger partial charge < -0.3 is 4.90 Å². The lowest BCUT2D eigenvalue weighted by Crippen LogP contribution is -2.29. The van der Waals surface area contributed by atoms with Crippen molar-refractivity contribution in [3.63, 3.8) is 0 Å². The zero-order valence-electron chi connectivity index (χ0n) is 12.5. The van der Waals surface area contributed by atoms with Crippen molar-refractivity contribution >= 4 is 17.5 Å². The molecule has 6 heteroatoms. The maximum absolute atomic E-state index is 12.1. The smallest absolute Gasteiger partial charge is 0.243 e. The van der Waals surface area contributed by atoms with E-state index in [-0.39, 0.29) is 31.2 Å². The van der Waals surface area contributed by atoms with Crippen LogP contribution in [0.3, 0.4) is 0 Å². The van der Waals surface area contributed by atoms with Gasteiger partial charge in [-0.15, -0.1) is 0 Å². The second kappa shape index (κ2) is 7.36. The topological polar surface area (TPSA) is 76.8 Å². The number of hydrogen-bond donors (Lipinski definition) is 0. The Morgan fingerprint density at radius 2 is 2.05 bits per heavy atom. The number of amides is 2. The van der Waals surface area contributed by atoms with Gasteiger partial charge in [-0.25, -0.2) is 5.01 Å². The van der Waals surface area contributed by atoms with Crippen molar-refractivity contribution in [2.45, 2.75) is 19.3 Å². The fourth-order valence-electron chi connectivity index (χ4n) is 2.20. The van der Waals surface area contributed by atoms with Crippen LogP contribution in [0.4, 0.5) is 0 Å². The maximum Gasteiger partial charge on any atom is 0.243 e. The lowest BCUT2D eigenvalue weighted by Gasteiger charge is -2.14. The monoisotopic (exact) mass is 298 g/mol. The quantitative estimate of drug-likeness (QED) is 0.771. The molecule has 1 aromatic rings. The van der Waals surface area contributed by atoms with Crippen LogP contribution in [-0.4, -0.2) is 47.6 Å². The molecule has 0 saturated heterocycles. The first-order valence-corrected chi connectivity index (χ1v) is 7.16. The Labute approximate surface area is 129 Å². The number of rotatable bonds is 5. The van der Waals surface area contributed by atoms with Gasteiger partial charge in [-0.1, -0.05) is 30.3 Å². The Morgan fingerprint density at radius 1 is 1.32 bits per heavy atom. The Bertz CT molecular complexity index is 619. The van der Waals surface area contributed by atoms with Crippen molar-refractivity contribution in [1.29, 1.82) is 5.26 Å². The molecule has 0 spiro atoms. The second-order valence-corrected chi connectivity index (χ2v) is 5.09. The first kappa shape index (κ1) is 15.7. The maximum atomic E-state index is 12.1. The van der Waals surface area contributed by atoms with Gasteiger partial charge in [0, 0.05) is 26.3 Å². The van der Waals surface area contributed by atoms with Gasteiger partial charge >= 0.3 is 0 Å². The van der Waals surface area contributed by atoms with Crippen LogP contribution in [0.5, 0.6) is 0 Å². The minimum atomic E-state index is -0.207. The summed E-state index contributed by atoms with van der Waals surface area (Å²) in [4.78, 5) is 25.1. The van der Waals surface area contributed by atoms with Crippen molar-refractivity contribution < 1.29 is 9.59 Å². The summed E-state index contributed by atoms with van der Waals surface area (Å²) < 4.78 is 0. The third-order valence-corrected chi connectivity index (χ3v) is 3.48. The van der Waals surface area contributed by atoms with Crippen molar-refractivity contribution in [2.75, 3.05) is 20.1 Å². The highest BCUT2D eigenvalue weighted by molar-refractivity contribution is 6.02. The van der Waals surface area contributed by atoms with E-state index >= 15 is 0 Å². The van der Waals surface area contributed by atoms with Crippen LogP contribution in [0.15, 0.2) is 35.4 Å².